The lowest BCUT2D eigenvalue weighted by molar-refractivity contribution is 0.414. The Hall–Kier alpha value is -0.690. The largest absolute Gasteiger partial charge is 0.495 e. The number of rotatable bonds is 4. The molecule has 1 aromatic carbocycles. The molecule has 0 bridgehead atoms. The zero-order valence-electron chi connectivity index (χ0n) is 9.06. The molecule has 0 radical (unpaired) electrons. The highest BCUT2D eigenvalue weighted by Gasteiger charge is 2.08. The minimum Gasteiger partial charge on any atom is -0.495 e. The fraction of sp³-hybridized carbons (Fsp3) is 0.500. The smallest absolute Gasteiger partial charge is 0.137 e. The van der Waals surface area contributed by atoms with Crippen LogP contribution in [-0.2, 0) is 6.42 Å². The van der Waals surface area contributed by atoms with Crippen LogP contribution in [0, 0.1) is 6.92 Å². The summed E-state index contributed by atoms with van der Waals surface area (Å²) in [7, 11) is 1.65. The van der Waals surface area contributed by atoms with Crippen molar-refractivity contribution < 1.29 is 4.74 Å². The predicted molar refractivity (Wildman–Crippen MR) is 61.4 cm³/mol. The molecule has 0 spiro atoms. The lowest BCUT2D eigenvalue weighted by Gasteiger charge is -2.11. The zero-order chi connectivity index (χ0) is 10.6. The van der Waals surface area contributed by atoms with Crippen molar-refractivity contribution in [1.29, 1.82) is 0 Å². The predicted octanol–water partition coefficient (Wildman–Crippen LogP) is 4.00. The van der Waals surface area contributed by atoms with Crippen LogP contribution in [0.1, 0.15) is 30.9 Å². The Kier molecular flexibility index (Phi) is 4.27. The van der Waals surface area contributed by atoms with Gasteiger partial charge in [-0.2, -0.15) is 0 Å². The summed E-state index contributed by atoms with van der Waals surface area (Å²) in [5.41, 5.74) is 2.48. The highest BCUT2D eigenvalue weighted by atomic mass is 35.5. The average molecular weight is 213 g/mol. The van der Waals surface area contributed by atoms with E-state index >= 15 is 0 Å². The van der Waals surface area contributed by atoms with E-state index in [-0.39, 0.29) is 0 Å². The zero-order valence-corrected chi connectivity index (χ0v) is 9.82. The second-order valence-corrected chi connectivity index (χ2v) is 3.86. The number of ether oxygens (including phenoxy) is 1. The molecule has 1 aromatic rings. The summed E-state index contributed by atoms with van der Waals surface area (Å²) >= 11 is 6.22. The van der Waals surface area contributed by atoms with Crippen LogP contribution in [0.5, 0.6) is 5.75 Å². The molecule has 0 unspecified atom stereocenters. The van der Waals surface area contributed by atoms with E-state index in [1.165, 1.54) is 24.0 Å². The van der Waals surface area contributed by atoms with Gasteiger partial charge in [0.1, 0.15) is 5.75 Å². The van der Waals surface area contributed by atoms with Crippen molar-refractivity contribution >= 4 is 11.6 Å². The van der Waals surface area contributed by atoms with Crippen molar-refractivity contribution in [2.75, 3.05) is 7.11 Å². The summed E-state index contributed by atoms with van der Waals surface area (Å²) in [4.78, 5) is 0. The van der Waals surface area contributed by atoms with Crippen LogP contribution in [-0.4, -0.2) is 7.11 Å². The average Bonchev–Trinajstić information content (AvgIpc) is 2.18. The Labute approximate surface area is 91.0 Å². The second-order valence-electron chi connectivity index (χ2n) is 3.48. The van der Waals surface area contributed by atoms with Crippen LogP contribution in [0.15, 0.2) is 12.1 Å². The molecule has 0 N–H and O–H groups in total. The molecule has 0 saturated heterocycles. The first-order valence-corrected chi connectivity index (χ1v) is 5.40. The van der Waals surface area contributed by atoms with E-state index in [9.17, 15) is 0 Å². The van der Waals surface area contributed by atoms with E-state index < -0.39 is 0 Å². The SMILES string of the molecule is CCCCc1c(C)ccc(OC)c1Cl. The van der Waals surface area contributed by atoms with Crippen LogP contribution in [0.25, 0.3) is 0 Å². The molecule has 2 heteroatoms. The first-order valence-electron chi connectivity index (χ1n) is 5.02. The standard InChI is InChI=1S/C12H17ClO/c1-4-5-6-10-9(2)7-8-11(14-3)12(10)13/h7-8H,4-6H2,1-3H3. The molecule has 0 atom stereocenters. The highest BCUT2D eigenvalue weighted by molar-refractivity contribution is 6.32. The van der Waals surface area contributed by atoms with Crippen LogP contribution < -0.4 is 4.74 Å². The number of benzene rings is 1. The molecule has 0 aliphatic rings. The van der Waals surface area contributed by atoms with Gasteiger partial charge >= 0.3 is 0 Å². The molecule has 0 heterocycles. The first-order chi connectivity index (χ1) is 6.70. The number of methoxy groups -OCH3 is 1. The van der Waals surface area contributed by atoms with Crippen LogP contribution in [0.4, 0.5) is 0 Å². The van der Waals surface area contributed by atoms with Gasteiger partial charge in [0, 0.05) is 0 Å². The fourth-order valence-electron chi connectivity index (χ4n) is 1.51. The molecule has 14 heavy (non-hydrogen) atoms. The summed E-state index contributed by atoms with van der Waals surface area (Å²) in [5.74, 6) is 0.781. The maximum atomic E-state index is 6.22. The molecular weight excluding hydrogens is 196 g/mol. The van der Waals surface area contributed by atoms with Gasteiger partial charge in [0.25, 0.3) is 0 Å². The van der Waals surface area contributed by atoms with E-state index in [0.717, 1.165) is 17.2 Å². The van der Waals surface area contributed by atoms with Crippen LogP contribution in [0.3, 0.4) is 0 Å². The van der Waals surface area contributed by atoms with Crippen LogP contribution >= 0.6 is 11.6 Å². The van der Waals surface area contributed by atoms with Gasteiger partial charge < -0.3 is 4.74 Å². The minimum atomic E-state index is 0.779. The molecule has 0 saturated carbocycles. The van der Waals surface area contributed by atoms with E-state index in [2.05, 4.69) is 19.9 Å². The number of unbranched alkanes of at least 4 members (excludes halogenated alkanes) is 1. The van der Waals surface area contributed by atoms with Crippen molar-refractivity contribution in [3.63, 3.8) is 0 Å². The molecular formula is C12H17ClO. The monoisotopic (exact) mass is 212 g/mol. The molecule has 1 nitrogen and oxygen atoms in total. The van der Waals surface area contributed by atoms with Crippen molar-refractivity contribution in [2.45, 2.75) is 33.1 Å². The van der Waals surface area contributed by atoms with Crippen molar-refractivity contribution in [2.24, 2.45) is 0 Å². The van der Waals surface area contributed by atoms with Crippen molar-refractivity contribution in [3.05, 3.63) is 28.3 Å². The summed E-state index contributed by atoms with van der Waals surface area (Å²) in [6.45, 7) is 4.28. The van der Waals surface area contributed by atoms with E-state index in [1.807, 2.05) is 6.07 Å². The van der Waals surface area contributed by atoms with Gasteiger partial charge in [-0.1, -0.05) is 31.0 Å². The Morgan fingerprint density at radius 3 is 2.64 bits per heavy atom. The van der Waals surface area contributed by atoms with E-state index in [4.69, 9.17) is 16.3 Å². The topological polar surface area (TPSA) is 9.23 Å². The Morgan fingerprint density at radius 2 is 2.07 bits per heavy atom. The second kappa shape index (κ2) is 5.26. The van der Waals surface area contributed by atoms with Crippen molar-refractivity contribution in [1.82, 2.24) is 0 Å². The Morgan fingerprint density at radius 1 is 1.36 bits per heavy atom. The summed E-state index contributed by atoms with van der Waals surface area (Å²) in [6, 6.07) is 3.99. The van der Waals surface area contributed by atoms with E-state index in [0.29, 0.717) is 0 Å². The number of aryl methyl sites for hydroxylation is 1. The number of hydrogen-bond acceptors (Lipinski definition) is 1. The van der Waals surface area contributed by atoms with Gasteiger partial charge in [0.05, 0.1) is 12.1 Å². The molecule has 0 aliphatic carbocycles. The molecule has 0 amide bonds. The third kappa shape index (κ3) is 2.42. The molecule has 0 fully saturated rings. The van der Waals surface area contributed by atoms with Gasteiger partial charge in [-0.15, -0.1) is 0 Å². The molecule has 1 rings (SSSR count). The molecule has 0 aliphatic heterocycles. The lowest BCUT2D eigenvalue weighted by atomic mass is 10.0. The van der Waals surface area contributed by atoms with Gasteiger partial charge in [-0.25, -0.2) is 0 Å². The number of halogens is 1. The maximum absolute atomic E-state index is 6.22. The molecule has 0 aromatic heterocycles. The minimum absolute atomic E-state index is 0.779. The summed E-state index contributed by atoms with van der Waals surface area (Å²) < 4.78 is 5.19. The third-order valence-corrected chi connectivity index (χ3v) is 2.86. The van der Waals surface area contributed by atoms with Crippen molar-refractivity contribution in [3.8, 4) is 5.75 Å². The van der Waals surface area contributed by atoms with Gasteiger partial charge in [0.2, 0.25) is 0 Å². The quantitative estimate of drug-likeness (QED) is 0.733. The third-order valence-electron chi connectivity index (χ3n) is 2.44. The van der Waals surface area contributed by atoms with Crippen LogP contribution in [0.2, 0.25) is 5.02 Å². The first kappa shape index (κ1) is 11.4. The Balaban J connectivity index is 2.99. The summed E-state index contributed by atoms with van der Waals surface area (Å²) in [6.07, 6.45) is 3.40. The van der Waals surface area contributed by atoms with Gasteiger partial charge in [-0.3, -0.25) is 0 Å². The maximum Gasteiger partial charge on any atom is 0.137 e. The lowest BCUT2D eigenvalue weighted by Crippen LogP contribution is -1.94. The van der Waals surface area contributed by atoms with Gasteiger partial charge in [0.15, 0.2) is 0 Å². The Bertz CT molecular complexity index is 307. The number of hydrogen-bond donors (Lipinski definition) is 0. The highest BCUT2D eigenvalue weighted by Crippen LogP contribution is 2.31. The van der Waals surface area contributed by atoms with E-state index in [1.54, 1.807) is 7.11 Å². The van der Waals surface area contributed by atoms with Gasteiger partial charge in [-0.05, 0) is 37.0 Å². The summed E-state index contributed by atoms with van der Waals surface area (Å²) in [5, 5.41) is 0.779. The fourth-order valence-corrected chi connectivity index (χ4v) is 1.90. The molecule has 78 valence electrons. The normalized spacial score (nSPS) is 10.3.